The van der Waals surface area contributed by atoms with Crippen molar-refractivity contribution >= 4 is 40.4 Å². The molecule has 0 aliphatic heterocycles. The molecule has 0 bridgehead atoms. The molecule has 2 fully saturated rings. The number of benzene rings is 2. The number of rotatable bonds is 11. The Labute approximate surface area is 279 Å². The van der Waals surface area contributed by atoms with Gasteiger partial charge in [0, 0.05) is 58.2 Å². The fourth-order valence-corrected chi connectivity index (χ4v) is 6.85. The summed E-state index contributed by atoms with van der Waals surface area (Å²) in [7, 11) is 1.59. The molecular weight excluding hydrogens is 610 g/mol. The zero-order chi connectivity index (χ0) is 33.8. The van der Waals surface area contributed by atoms with E-state index in [9.17, 15) is 14.4 Å². The molecule has 0 atom stereocenters. The molecule has 2 aliphatic carbocycles. The van der Waals surface area contributed by atoms with Gasteiger partial charge < -0.3 is 29.8 Å². The number of nitrogens with zero attached hydrogens (tertiary/aromatic N) is 3. The van der Waals surface area contributed by atoms with E-state index >= 15 is 0 Å². The SMILES string of the molecule is CCOc1cc(NC(=O)C2(NC(=O)c3ccc4c(c3)c(C)c(-c3nccc(OC)n3)n4C3CCCCC3)CCC2)ccc1/C=C/C(=O)O. The van der Waals surface area contributed by atoms with Gasteiger partial charge in [-0.2, -0.15) is 4.98 Å². The second kappa shape index (κ2) is 13.9. The Balaban J connectivity index is 1.28. The molecule has 4 aromatic rings. The number of ether oxygens (including phenoxy) is 2. The number of amides is 2. The quantitative estimate of drug-likeness (QED) is 0.152. The largest absolute Gasteiger partial charge is 0.493 e. The van der Waals surface area contributed by atoms with Crippen molar-refractivity contribution in [1.29, 1.82) is 0 Å². The Morgan fingerprint density at radius 1 is 1.06 bits per heavy atom. The molecule has 0 spiro atoms. The van der Waals surface area contributed by atoms with E-state index in [1.165, 1.54) is 12.5 Å². The zero-order valence-electron chi connectivity index (χ0n) is 27.5. The van der Waals surface area contributed by atoms with E-state index in [1.54, 1.807) is 37.6 Å². The minimum absolute atomic E-state index is 0.298. The van der Waals surface area contributed by atoms with Gasteiger partial charge in [-0.25, -0.2) is 9.78 Å². The van der Waals surface area contributed by atoms with Crippen LogP contribution in [0.25, 0.3) is 28.5 Å². The Kier molecular flexibility index (Phi) is 9.47. The summed E-state index contributed by atoms with van der Waals surface area (Å²) in [5.41, 5.74) is 3.43. The minimum Gasteiger partial charge on any atom is -0.493 e. The Hall–Kier alpha value is -5.19. The van der Waals surface area contributed by atoms with Crippen LogP contribution in [-0.2, 0) is 9.59 Å². The van der Waals surface area contributed by atoms with Crippen molar-refractivity contribution in [3.63, 3.8) is 0 Å². The summed E-state index contributed by atoms with van der Waals surface area (Å²) in [6.45, 7) is 4.24. The van der Waals surface area contributed by atoms with E-state index in [0.717, 1.165) is 60.3 Å². The van der Waals surface area contributed by atoms with E-state index in [2.05, 4.69) is 25.2 Å². The predicted octanol–water partition coefficient (Wildman–Crippen LogP) is 6.71. The first kappa shape index (κ1) is 32.7. The van der Waals surface area contributed by atoms with Crippen LogP contribution in [0.15, 0.2) is 54.7 Å². The molecule has 0 saturated heterocycles. The molecule has 48 heavy (non-hydrogen) atoms. The van der Waals surface area contributed by atoms with Gasteiger partial charge in [-0.15, -0.1) is 0 Å². The fraction of sp³-hybridized carbons (Fsp3) is 0.378. The number of hydrogen-bond donors (Lipinski definition) is 3. The van der Waals surface area contributed by atoms with Crippen LogP contribution in [0.3, 0.4) is 0 Å². The molecule has 250 valence electrons. The van der Waals surface area contributed by atoms with Crippen LogP contribution in [0, 0.1) is 6.92 Å². The maximum Gasteiger partial charge on any atom is 0.328 e. The number of fused-ring (bicyclic) bond motifs is 1. The molecule has 2 amide bonds. The Bertz CT molecular complexity index is 1890. The van der Waals surface area contributed by atoms with Crippen molar-refractivity contribution < 1.29 is 29.0 Å². The summed E-state index contributed by atoms with van der Waals surface area (Å²) < 4.78 is 13.5. The van der Waals surface area contributed by atoms with Crippen molar-refractivity contribution in [1.82, 2.24) is 19.9 Å². The number of aliphatic carboxylic acids is 1. The van der Waals surface area contributed by atoms with E-state index in [-0.39, 0.29) is 11.8 Å². The number of anilines is 1. The highest BCUT2D eigenvalue weighted by molar-refractivity contribution is 6.06. The van der Waals surface area contributed by atoms with Crippen LogP contribution >= 0.6 is 0 Å². The van der Waals surface area contributed by atoms with Crippen LogP contribution < -0.4 is 20.1 Å². The smallest absolute Gasteiger partial charge is 0.328 e. The fourth-order valence-electron chi connectivity index (χ4n) is 6.85. The van der Waals surface area contributed by atoms with Gasteiger partial charge in [0.15, 0.2) is 5.82 Å². The van der Waals surface area contributed by atoms with Crippen LogP contribution in [0.5, 0.6) is 11.6 Å². The van der Waals surface area contributed by atoms with Gasteiger partial charge >= 0.3 is 5.97 Å². The lowest BCUT2D eigenvalue weighted by atomic mass is 9.75. The maximum absolute atomic E-state index is 13.8. The summed E-state index contributed by atoms with van der Waals surface area (Å²) in [6, 6.07) is 12.8. The van der Waals surface area contributed by atoms with Gasteiger partial charge in [0.1, 0.15) is 11.3 Å². The Morgan fingerprint density at radius 2 is 1.85 bits per heavy atom. The number of carbonyl (C=O) groups is 3. The molecule has 11 heteroatoms. The van der Waals surface area contributed by atoms with Gasteiger partial charge in [-0.3, -0.25) is 9.59 Å². The van der Waals surface area contributed by atoms with Crippen molar-refractivity contribution in [2.24, 2.45) is 0 Å². The molecule has 11 nitrogen and oxygen atoms in total. The lowest BCUT2D eigenvalue weighted by Gasteiger charge is -2.40. The first-order valence-electron chi connectivity index (χ1n) is 16.6. The van der Waals surface area contributed by atoms with Gasteiger partial charge in [0.2, 0.25) is 11.8 Å². The summed E-state index contributed by atoms with van der Waals surface area (Å²) in [6.07, 6.45) is 11.7. The molecule has 3 N–H and O–H groups in total. The monoisotopic (exact) mass is 651 g/mol. The molecule has 2 heterocycles. The van der Waals surface area contributed by atoms with E-state index in [4.69, 9.17) is 14.6 Å². The minimum atomic E-state index is -1.07. The third kappa shape index (κ3) is 6.49. The summed E-state index contributed by atoms with van der Waals surface area (Å²) in [5.74, 6) is -0.175. The molecule has 2 aromatic heterocycles. The highest BCUT2D eigenvalue weighted by atomic mass is 16.5. The topological polar surface area (TPSA) is 145 Å². The first-order chi connectivity index (χ1) is 23.2. The zero-order valence-corrected chi connectivity index (χ0v) is 27.5. The highest BCUT2D eigenvalue weighted by Gasteiger charge is 2.45. The Morgan fingerprint density at radius 3 is 2.54 bits per heavy atom. The molecule has 0 unspecified atom stereocenters. The van der Waals surface area contributed by atoms with Crippen LogP contribution in [-0.4, -0.2) is 56.7 Å². The second-order valence-corrected chi connectivity index (χ2v) is 12.5. The van der Waals surface area contributed by atoms with E-state index < -0.39 is 11.5 Å². The standard InChI is InChI=1S/C37H41N5O6/c1-4-48-30-22-26(14-11-24(30)13-16-32(43)44)39-36(46)37(18-8-19-37)41-35(45)25-12-15-29-28(21-25)23(2)33(34-38-20-17-31(40-34)47-3)42(29)27-9-6-5-7-10-27/h11-17,20-22,27H,4-10,18-19H2,1-3H3,(H,39,46)(H,41,45)(H,43,44)/b16-13+. The number of hydrogen-bond acceptors (Lipinski definition) is 7. The molecule has 2 saturated carbocycles. The van der Waals surface area contributed by atoms with Crippen LogP contribution in [0.1, 0.15) is 85.8 Å². The number of aryl methyl sites for hydroxylation is 1. The number of aromatic nitrogens is 3. The number of carbonyl (C=O) groups excluding carboxylic acids is 2. The maximum atomic E-state index is 13.8. The number of methoxy groups -OCH3 is 1. The van der Waals surface area contributed by atoms with Crippen molar-refractivity contribution in [3.8, 4) is 23.1 Å². The van der Waals surface area contributed by atoms with Crippen LogP contribution in [0.2, 0.25) is 0 Å². The molecular formula is C37H41N5O6. The third-order valence-electron chi connectivity index (χ3n) is 9.48. The second-order valence-electron chi connectivity index (χ2n) is 12.5. The number of carboxylic acids is 1. The lowest BCUT2D eigenvalue weighted by Crippen LogP contribution is -2.61. The van der Waals surface area contributed by atoms with Crippen molar-refractivity contribution in [2.75, 3.05) is 19.0 Å². The molecule has 2 aliphatic rings. The third-order valence-corrected chi connectivity index (χ3v) is 9.48. The first-order valence-corrected chi connectivity index (χ1v) is 16.6. The molecule has 6 rings (SSSR count). The highest BCUT2D eigenvalue weighted by Crippen LogP contribution is 2.40. The summed E-state index contributed by atoms with van der Waals surface area (Å²) in [4.78, 5) is 47.8. The van der Waals surface area contributed by atoms with Gasteiger partial charge in [0.05, 0.1) is 19.4 Å². The van der Waals surface area contributed by atoms with Crippen molar-refractivity contribution in [2.45, 2.75) is 76.8 Å². The number of carboxylic acid groups (broad SMARTS) is 1. The average molecular weight is 652 g/mol. The predicted molar refractivity (Wildman–Crippen MR) is 183 cm³/mol. The number of nitrogens with one attached hydrogen (secondary N) is 2. The van der Waals surface area contributed by atoms with Gasteiger partial charge in [-0.05, 0) is 87.9 Å². The van der Waals surface area contributed by atoms with Gasteiger partial charge in [0.25, 0.3) is 5.91 Å². The van der Waals surface area contributed by atoms with Gasteiger partial charge in [-0.1, -0.05) is 19.3 Å². The molecule has 2 aromatic carbocycles. The lowest BCUT2D eigenvalue weighted by molar-refractivity contribution is -0.131. The van der Waals surface area contributed by atoms with E-state index in [0.29, 0.717) is 59.8 Å². The summed E-state index contributed by atoms with van der Waals surface area (Å²) >= 11 is 0. The molecule has 0 radical (unpaired) electrons. The summed E-state index contributed by atoms with van der Waals surface area (Å²) in [5, 5.41) is 16.0. The normalized spacial score (nSPS) is 16.0. The van der Waals surface area contributed by atoms with E-state index in [1.807, 2.05) is 32.0 Å². The van der Waals surface area contributed by atoms with Crippen molar-refractivity contribution in [3.05, 3.63) is 71.4 Å². The average Bonchev–Trinajstić information content (AvgIpc) is 3.37. The van der Waals surface area contributed by atoms with Crippen LogP contribution in [0.4, 0.5) is 5.69 Å².